The fourth-order valence-corrected chi connectivity index (χ4v) is 2.96. The Morgan fingerprint density at radius 2 is 1.45 bits per heavy atom. The highest BCUT2D eigenvalue weighted by Gasteiger charge is 2.23. The zero-order valence-electron chi connectivity index (χ0n) is 15.2. The smallest absolute Gasteiger partial charge is 0.0220 e. The third-order valence-corrected chi connectivity index (χ3v) is 4.48. The van der Waals surface area contributed by atoms with Crippen molar-refractivity contribution < 1.29 is 0 Å². The molecule has 0 aromatic rings. The van der Waals surface area contributed by atoms with Gasteiger partial charge in [-0.05, 0) is 37.6 Å². The highest BCUT2D eigenvalue weighted by molar-refractivity contribution is 4.80. The summed E-state index contributed by atoms with van der Waals surface area (Å²) in [5.41, 5.74) is 0. The summed E-state index contributed by atoms with van der Waals surface area (Å²) in [6, 6.07) is 1.38. The van der Waals surface area contributed by atoms with Crippen molar-refractivity contribution in [3.05, 3.63) is 0 Å². The van der Waals surface area contributed by atoms with E-state index in [2.05, 4.69) is 58.7 Å². The maximum Gasteiger partial charge on any atom is 0.0220 e. The van der Waals surface area contributed by atoms with Crippen LogP contribution in [-0.4, -0.2) is 36.6 Å². The number of hydrogen-bond acceptors (Lipinski definition) is 2. The van der Waals surface area contributed by atoms with Gasteiger partial charge in [-0.15, -0.1) is 0 Å². The predicted octanol–water partition coefficient (Wildman–Crippen LogP) is 4.55. The van der Waals surface area contributed by atoms with Gasteiger partial charge in [0.15, 0.2) is 0 Å². The Morgan fingerprint density at radius 1 is 0.850 bits per heavy atom. The summed E-state index contributed by atoms with van der Waals surface area (Å²) in [7, 11) is 0. The first-order chi connectivity index (χ1) is 9.49. The lowest BCUT2D eigenvalue weighted by Crippen LogP contribution is -2.49. The third-order valence-electron chi connectivity index (χ3n) is 4.48. The van der Waals surface area contributed by atoms with Gasteiger partial charge in [0.05, 0.1) is 0 Å². The normalized spacial score (nSPS) is 15.3. The quantitative estimate of drug-likeness (QED) is 0.566. The van der Waals surface area contributed by atoms with Gasteiger partial charge in [0.25, 0.3) is 0 Å². The molecule has 0 aromatic heterocycles. The minimum Gasteiger partial charge on any atom is -0.312 e. The van der Waals surface area contributed by atoms with Gasteiger partial charge < -0.3 is 5.32 Å². The minimum absolute atomic E-state index is 0.638. The summed E-state index contributed by atoms with van der Waals surface area (Å²) >= 11 is 0. The molecule has 122 valence electrons. The molecule has 0 rings (SSSR count). The molecule has 2 atom stereocenters. The van der Waals surface area contributed by atoms with Gasteiger partial charge in [0.2, 0.25) is 0 Å². The lowest BCUT2D eigenvalue weighted by molar-refractivity contribution is 0.134. The molecule has 2 unspecified atom stereocenters. The van der Waals surface area contributed by atoms with E-state index in [0.29, 0.717) is 6.04 Å². The minimum atomic E-state index is 0.638. The van der Waals surface area contributed by atoms with Crippen LogP contribution in [0.25, 0.3) is 0 Å². The molecule has 0 aliphatic carbocycles. The molecule has 0 fully saturated rings. The molecule has 20 heavy (non-hydrogen) atoms. The number of nitrogens with one attached hydrogen (secondary N) is 1. The van der Waals surface area contributed by atoms with Crippen molar-refractivity contribution in [2.75, 3.05) is 19.6 Å². The SMILES string of the molecule is CCCNC(CN(CC(C)C)C(CC)CC)C(C)CC. The Kier molecular flexibility index (Phi) is 11.5. The molecule has 0 aliphatic heterocycles. The number of rotatable bonds is 12. The van der Waals surface area contributed by atoms with Crippen molar-refractivity contribution in [1.82, 2.24) is 10.2 Å². The fourth-order valence-electron chi connectivity index (χ4n) is 2.96. The molecule has 0 aromatic carbocycles. The summed E-state index contributed by atoms with van der Waals surface area (Å²) in [6.45, 7) is 19.9. The summed E-state index contributed by atoms with van der Waals surface area (Å²) in [4.78, 5) is 2.74. The van der Waals surface area contributed by atoms with Crippen LogP contribution < -0.4 is 5.32 Å². The largest absolute Gasteiger partial charge is 0.312 e. The van der Waals surface area contributed by atoms with Crippen LogP contribution in [0.2, 0.25) is 0 Å². The molecule has 0 heterocycles. The van der Waals surface area contributed by atoms with E-state index in [-0.39, 0.29) is 0 Å². The van der Waals surface area contributed by atoms with Gasteiger partial charge in [0, 0.05) is 25.2 Å². The topological polar surface area (TPSA) is 15.3 Å². The molecular formula is C18H40N2. The predicted molar refractivity (Wildman–Crippen MR) is 92.3 cm³/mol. The molecule has 0 saturated carbocycles. The molecular weight excluding hydrogens is 244 g/mol. The van der Waals surface area contributed by atoms with Crippen LogP contribution in [0.5, 0.6) is 0 Å². The average Bonchev–Trinajstić information content (AvgIpc) is 2.42. The van der Waals surface area contributed by atoms with E-state index < -0.39 is 0 Å². The summed E-state index contributed by atoms with van der Waals surface area (Å²) in [5.74, 6) is 1.50. The zero-order valence-corrected chi connectivity index (χ0v) is 15.2. The fraction of sp³-hybridized carbons (Fsp3) is 1.00. The standard InChI is InChI=1S/C18H40N2/c1-8-12-19-18(16(7)9-2)14-20(13-15(5)6)17(10-3)11-4/h15-19H,8-14H2,1-7H3. The van der Waals surface area contributed by atoms with Gasteiger partial charge in [-0.25, -0.2) is 0 Å². The van der Waals surface area contributed by atoms with E-state index in [9.17, 15) is 0 Å². The Balaban J connectivity index is 4.75. The van der Waals surface area contributed by atoms with Gasteiger partial charge in [-0.3, -0.25) is 4.90 Å². The highest BCUT2D eigenvalue weighted by atomic mass is 15.2. The van der Waals surface area contributed by atoms with Crippen molar-refractivity contribution in [2.45, 2.75) is 86.2 Å². The highest BCUT2D eigenvalue weighted by Crippen LogP contribution is 2.16. The molecule has 1 N–H and O–H groups in total. The van der Waals surface area contributed by atoms with E-state index in [1.807, 2.05) is 0 Å². The number of nitrogens with zero attached hydrogens (tertiary/aromatic N) is 1. The maximum atomic E-state index is 3.79. The molecule has 0 saturated heterocycles. The second kappa shape index (κ2) is 11.6. The van der Waals surface area contributed by atoms with Crippen LogP contribution in [0.3, 0.4) is 0 Å². The summed E-state index contributed by atoms with van der Waals surface area (Å²) in [5, 5.41) is 3.79. The Labute approximate surface area is 128 Å². The Morgan fingerprint density at radius 3 is 1.85 bits per heavy atom. The van der Waals surface area contributed by atoms with Crippen molar-refractivity contribution in [3.8, 4) is 0 Å². The van der Waals surface area contributed by atoms with E-state index >= 15 is 0 Å². The van der Waals surface area contributed by atoms with Crippen LogP contribution in [0, 0.1) is 11.8 Å². The monoisotopic (exact) mass is 284 g/mol. The summed E-state index contributed by atoms with van der Waals surface area (Å²) in [6.07, 6.45) is 5.02. The molecule has 0 radical (unpaired) electrons. The van der Waals surface area contributed by atoms with Crippen molar-refractivity contribution in [1.29, 1.82) is 0 Å². The molecule has 0 bridgehead atoms. The van der Waals surface area contributed by atoms with E-state index in [0.717, 1.165) is 24.4 Å². The van der Waals surface area contributed by atoms with E-state index in [1.54, 1.807) is 0 Å². The second-order valence-corrected chi connectivity index (χ2v) is 6.76. The lowest BCUT2D eigenvalue weighted by Gasteiger charge is -2.37. The van der Waals surface area contributed by atoms with Crippen molar-refractivity contribution in [3.63, 3.8) is 0 Å². The molecule has 0 amide bonds. The Bertz CT molecular complexity index is 211. The molecule has 0 spiro atoms. The first-order valence-corrected chi connectivity index (χ1v) is 8.97. The van der Waals surface area contributed by atoms with Gasteiger partial charge in [-0.2, -0.15) is 0 Å². The van der Waals surface area contributed by atoms with Gasteiger partial charge in [0.1, 0.15) is 0 Å². The Hall–Kier alpha value is -0.0800. The van der Waals surface area contributed by atoms with Crippen LogP contribution in [0.1, 0.15) is 74.1 Å². The molecule has 2 nitrogen and oxygen atoms in total. The third kappa shape index (κ3) is 7.64. The van der Waals surface area contributed by atoms with Gasteiger partial charge in [-0.1, -0.05) is 54.9 Å². The van der Waals surface area contributed by atoms with Gasteiger partial charge >= 0.3 is 0 Å². The average molecular weight is 285 g/mol. The van der Waals surface area contributed by atoms with Crippen LogP contribution in [0.15, 0.2) is 0 Å². The van der Waals surface area contributed by atoms with Crippen LogP contribution in [0.4, 0.5) is 0 Å². The van der Waals surface area contributed by atoms with E-state index in [4.69, 9.17) is 0 Å². The second-order valence-electron chi connectivity index (χ2n) is 6.76. The van der Waals surface area contributed by atoms with Crippen LogP contribution in [-0.2, 0) is 0 Å². The van der Waals surface area contributed by atoms with Crippen molar-refractivity contribution in [2.24, 2.45) is 11.8 Å². The van der Waals surface area contributed by atoms with Crippen molar-refractivity contribution >= 4 is 0 Å². The first-order valence-electron chi connectivity index (χ1n) is 8.97. The number of hydrogen-bond donors (Lipinski definition) is 1. The molecule has 2 heteroatoms. The van der Waals surface area contributed by atoms with Crippen LogP contribution >= 0.6 is 0 Å². The molecule has 0 aliphatic rings. The summed E-state index contributed by atoms with van der Waals surface area (Å²) < 4.78 is 0. The maximum absolute atomic E-state index is 3.79. The first kappa shape index (κ1) is 19.9. The lowest BCUT2D eigenvalue weighted by atomic mass is 9.96. The van der Waals surface area contributed by atoms with E-state index in [1.165, 1.54) is 38.8 Å². The zero-order chi connectivity index (χ0) is 15.5.